The molecule has 2 aromatic rings. The molecule has 8 heteroatoms. The number of nitro benzene ring substituents is 1. The summed E-state index contributed by atoms with van der Waals surface area (Å²) in [5, 5.41) is 13.0. The van der Waals surface area contributed by atoms with Crippen molar-refractivity contribution in [3.8, 4) is 0 Å². The first kappa shape index (κ1) is 14.7. The summed E-state index contributed by atoms with van der Waals surface area (Å²) in [6, 6.07) is 7.37. The molecule has 2 rings (SSSR count). The van der Waals surface area contributed by atoms with Crippen molar-refractivity contribution in [2.75, 3.05) is 11.1 Å². The number of benzene rings is 2. The van der Waals surface area contributed by atoms with E-state index in [-0.39, 0.29) is 27.6 Å². The van der Waals surface area contributed by atoms with Crippen molar-refractivity contribution < 1.29 is 14.1 Å². The number of anilines is 2. The topological polar surface area (TPSA) is 98.3 Å². The van der Waals surface area contributed by atoms with Crippen molar-refractivity contribution in [3.63, 3.8) is 0 Å². The molecule has 0 aromatic heterocycles. The average molecular weight is 310 g/mol. The third-order valence-corrected chi connectivity index (χ3v) is 2.97. The van der Waals surface area contributed by atoms with Crippen molar-refractivity contribution in [2.24, 2.45) is 0 Å². The summed E-state index contributed by atoms with van der Waals surface area (Å²) in [6.45, 7) is 0. The van der Waals surface area contributed by atoms with E-state index < -0.39 is 16.6 Å². The van der Waals surface area contributed by atoms with Gasteiger partial charge in [0.1, 0.15) is 10.8 Å². The Labute approximate surface area is 123 Å². The van der Waals surface area contributed by atoms with Gasteiger partial charge in [-0.3, -0.25) is 14.9 Å². The minimum Gasteiger partial charge on any atom is -0.396 e. The fourth-order valence-electron chi connectivity index (χ4n) is 1.60. The zero-order valence-electron chi connectivity index (χ0n) is 10.5. The number of nitro groups is 1. The van der Waals surface area contributed by atoms with Crippen LogP contribution in [0.3, 0.4) is 0 Å². The predicted octanol–water partition coefficient (Wildman–Crippen LogP) is 3.22. The summed E-state index contributed by atoms with van der Waals surface area (Å²) in [7, 11) is 0. The summed E-state index contributed by atoms with van der Waals surface area (Å²) >= 11 is 5.73. The number of nitrogen functional groups attached to an aromatic ring is 1. The monoisotopic (exact) mass is 309 g/mol. The van der Waals surface area contributed by atoms with Crippen molar-refractivity contribution in [1.29, 1.82) is 0 Å². The number of carbonyl (C=O) groups excluding carboxylic acids is 1. The third-order valence-electron chi connectivity index (χ3n) is 2.66. The van der Waals surface area contributed by atoms with E-state index in [0.29, 0.717) is 0 Å². The smallest absolute Gasteiger partial charge is 0.288 e. The van der Waals surface area contributed by atoms with Gasteiger partial charge in [-0.25, -0.2) is 4.39 Å². The Morgan fingerprint density at radius 3 is 2.57 bits per heavy atom. The molecule has 0 fully saturated rings. The second kappa shape index (κ2) is 5.76. The number of hydrogen-bond acceptors (Lipinski definition) is 4. The molecule has 108 valence electrons. The molecule has 0 aliphatic rings. The molecule has 21 heavy (non-hydrogen) atoms. The molecule has 2 aromatic carbocycles. The maximum atomic E-state index is 13.3. The summed E-state index contributed by atoms with van der Waals surface area (Å²) in [5.74, 6) is -1.29. The predicted molar refractivity (Wildman–Crippen MR) is 76.9 cm³/mol. The van der Waals surface area contributed by atoms with Crippen LogP contribution in [-0.4, -0.2) is 10.8 Å². The Morgan fingerprint density at radius 1 is 1.29 bits per heavy atom. The van der Waals surface area contributed by atoms with Crippen LogP contribution in [0, 0.1) is 15.9 Å². The van der Waals surface area contributed by atoms with E-state index in [1.54, 1.807) is 0 Å². The van der Waals surface area contributed by atoms with Gasteiger partial charge in [0.25, 0.3) is 11.6 Å². The first-order valence-electron chi connectivity index (χ1n) is 5.69. The molecule has 0 aliphatic carbocycles. The van der Waals surface area contributed by atoms with E-state index >= 15 is 0 Å². The van der Waals surface area contributed by atoms with Gasteiger partial charge in [0.15, 0.2) is 0 Å². The number of halogens is 2. The molecule has 0 atom stereocenters. The highest BCUT2D eigenvalue weighted by atomic mass is 35.5. The third kappa shape index (κ3) is 3.26. The van der Waals surface area contributed by atoms with Crippen molar-refractivity contribution in [1.82, 2.24) is 0 Å². The first-order valence-corrected chi connectivity index (χ1v) is 6.06. The summed E-state index contributed by atoms with van der Waals surface area (Å²) in [5.41, 5.74) is 5.31. The zero-order valence-corrected chi connectivity index (χ0v) is 11.2. The molecule has 0 heterocycles. The fraction of sp³-hybridized carbons (Fsp3) is 0. The van der Waals surface area contributed by atoms with Gasteiger partial charge in [0.05, 0.1) is 10.6 Å². The highest BCUT2D eigenvalue weighted by molar-refractivity contribution is 6.33. The van der Waals surface area contributed by atoms with Crippen LogP contribution in [0.2, 0.25) is 5.02 Å². The van der Waals surface area contributed by atoms with Crippen LogP contribution in [0.25, 0.3) is 0 Å². The van der Waals surface area contributed by atoms with E-state index in [2.05, 4.69) is 5.32 Å². The van der Waals surface area contributed by atoms with Crippen molar-refractivity contribution in [3.05, 3.63) is 62.9 Å². The lowest BCUT2D eigenvalue weighted by Gasteiger charge is -2.06. The van der Waals surface area contributed by atoms with Gasteiger partial charge in [-0.2, -0.15) is 0 Å². The maximum absolute atomic E-state index is 13.3. The number of hydrogen-bond donors (Lipinski definition) is 2. The standard InChI is InChI=1S/C13H9ClFN3O3/c14-9-6-8(2-4-12(9)18(20)21)17-13(19)7-1-3-11(16)10(15)5-7/h1-6H,16H2,(H,17,19). The molecule has 0 unspecified atom stereocenters. The Hall–Kier alpha value is -2.67. The average Bonchev–Trinajstić information content (AvgIpc) is 2.41. The van der Waals surface area contributed by atoms with Gasteiger partial charge in [0, 0.05) is 17.3 Å². The first-order chi connectivity index (χ1) is 9.88. The van der Waals surface area contributed by atoms with Crippen LogP contribution in [0.5, 0.6) is 0 Å². The van der Waals surface area contributed by atoms with E-state index in [4.69, 9.17) is 17.3 Å². The molecule has 0 aliphatic heterocycles. The second-order valence-corrected chi connectivity index (χ2v) is 4.52. The van der Waals surface area contributed by atoms with Gasteiger partial charge >= 0.3 is 0 Å². The number of amides is 1. The minimum absolute atomic E-state index is 0.0649. The Kier molecular flexibility index (Phi) is 4.04. The van der Waals surface area contributed by atoms with Gasteiger partial charge in [0.2, 0.25) is 0 Å². The highest BCUT2D eigenvalue weighted by Gasteiger charge is 2.14. The molecule has 0 saturated heterocycles. The van der Waals surface area contributed by atoms with Gasteiger partial charge < -0.3 is 11.1 Å². The number of nitrogens with two attached hydrogens (primary N) is 1. The van der Waals surface area contributed by atoms with Crippen LogP contribution in [0.15, 0.2) is 36.4 Å². The summed E-state index contributed by atoms with van der Waals surface area (Å²) < 4.78 is 13.3. The Morgan fingerprint density at radius 2 is 2.00 bits per heavy atom. The molecule has 6 nitrogen and oxygen atoms in total. The molecule has 0 spiro atoms. The van der Waals surface area contributed by atoms with Crippen LogP contribution in [-0.2, 0) is 0 Å². The number of carbonyl (C=O) groups is 1. The number of rotatable bonds is 3. The molecule has 3 N–H and O–H groups in total. The van der Waals surface area contributed by atoms with Crippen LogP contribution in [0.1, 0.15) is 10.4 Å². The van der Waals surface area contributed by atoms with Gasteiger partial charge in [-0.05, 0) is 30.3 Å². The minimum atomic E-state index is -0.704. The summed E-state index contributed by atoms with van der Waals surface area (Å²) in [6.07, 6.45) is 0. The summed E-state index contributed by atoms with van der Waals surface area (Å²) in [4.78, 5) is 21.9. The number of nitrogens with zero attached hydrogens (tertiary/aromatic N) is 1. The zero-order chi connectivity index (χ0) is 15.6. The van der Waals surface area contributed by atoms with Crippen LogP contribution >= 0.6 is 11.6 Å². The van der Waals surface area contributed by atoms with Crippen LogP contribution < -0.4 is 11.1 Å². The van der Waals surface area contributed by atoms with E-state index in [1.165, 1.54) is 30.3 Å². The van der Waals surface area contributed by atoms with E-state index in [0.717, 1.165) is 6.07 Å². The molecular formula is C13H9ClFN3O3. The highest BCUT2D eigenvalue weighted by Crippen LogP contribution is 2.27. The lowest BCUT2D eigenvalue weighted by molar-refractivity contribution is -0.384. The molecule has 1 amide bonds. The van der Waals surface area contributed by atoms with Crippen molar-refractivity contribution in [2.45, 2.75) is 0 Å². The second-order valence-electron chi connectivity index (χ2n) is 4.11. The molecular weight excluding hydrogens is 301 g/mol. The van der Waals surface area contributed by atoms with Crippen LogP contribution in [0.4, 0.5) is 21.5 Å². The molecule has 0 radical (unpaired) electrons. The van der Waals surface area contributed by atoms with Gasteiger partial charge in [-0.1, -0.05) is 11.6 Å². The Balaban J connectivity index is 2.21. The van der Waals surface area contributed by atoms with E-state index in [9.17, 15) is 19.3 Å². The largest absolute Gasteiger partial charge is 0.396 e. The lowest BCUT2D eigenvalue weighted by atomic mass is 10.2. The lowest BCUT2D eigenvalue weighted by Crippen LogP contribution is -2.12. The normalized spacial score (nSPS) is 10.2. The molecule has 0 saturated carbocycles. The van der Waals surface area contributed by atoms with Crippen molar-refractivity contribution >= 4 is 34.6 Å². The fourth-order valence-corrected chi connectivity index (χ4v) is 1.85. The maximum Gasteiger partial charge on any atom is 0.288 e. The molecule has 0 bridgehead atoms. The SMILES string of the molecule is Nc1ccc(C(=O)Nc2ccc([N+](=O)[O-])c(Cl)c2)cc1F. The Bertz CT molecular complexity index is 737. The van der Waals surface area contributed by atoms with Gasteiger partial charge in [-0.15, -0.1) is 0 Å². The quantitative estimate of drug-likeness (QED) is 0.516. The number of nitrogens with one attached hydrogen (secondary N) is 1. The van der Waals surface area contributed by atoms with E-state index in [1.807, 2.05) is 0 Å².